The fourth-order valence-corrected chi connectivity index (χ4v) is 3.05. The van der Waals surface area contributed by atoms with Gasteiger partial charge in [0, 0.05) is 23.6 Å². The van der Waals surface area contributed by atoms with Crippen LogP contribution in [0.4, 0.5) is 13.2 Å². The minimum atomic E-state index is -4.06. The Morgan fingerprint density at radius 1 is 1.35 bits per heavy atom. The van der Waals surface area contributed by atoms with Crippen molar-refractivity contribution in [3.05, 3.63) is 0 Å². The van der Waals surface area contributed by atoms with Crippen LogP contribution in [-0.2, 0) is 0 Å². The van der Waals surface area contributed by atoms with Crippen molar-refractivity contribution in [1.82, 2.24) is 10.6 Å². The zero-order valence-corrected chi connectivity index (χ0v) is 11.0. The normalized spacial score (nSPS) is 20.5. The molecule has 1 atom stereocenters. The third kappa shape index (κ3) is 7.89. The van der Waals surface area contributed by atoms with Crippen molar-refractivity contribution in [2.75, 3.05) is 25.4 Å². The summed E-state index contributed by atoms with van der Waals surface area (Å²) in [6.07, 6.45) is -2.47. The minimum Gasteiger partial charge on any atom is -0.317 e. The zero-order valence-electron chi connectivity index (χ0n) is 10.1. The van der Waals surface area contributed by atoms with Gasteiger partial charge in [0.25, 0.3) is 0 Å². The first-order chi connectivity index (χ1) is 7.97. The predicted molar refractivity (Wildman–Crippen MR) is 66.5 cm³/mol. The van der Waals surface area contributed by atoms with Crippen LogP contribution in [0.3, 0.4) is 0 Å². The van der Waals surface area contributed by atoms with Gasteiger partial charge in [0.2, 0.25) is 0 Å². The molecule has 0 aromatic heterocycles. The van der Waals surface area contributed by atoms with Crippen molar-refractivity contribution in [3.63, 3.8) is 0 Å². The Kier molecular flexibility index (Phi) is 6.66. The van der Waals surface area contributed by atoms with E-state index in [1.54, 1.807) is 6.92 Å². The number of halogens is 3. The maximum Gasteiger partial charge on any atom is 0.390 e. The first kappa shape index (κ1) is 15.1. The van der Waals surface area contributed by atoms with Gasteiger partial charge in [0.15, 0.2) is 0 Å². The largest absolute Gasteiger partial charge is 0.390 e. The molecule has 1 unspecified atom stereocenters. The van der Waals surface area contributed by atoms with Crippen molar-refractivity contribution in [2.45, 2.75) is 43.7 Å². The molecular weight excluding hydrogens is 249 g/mol. The monoisotopic (exact) mass is 270 g/mol. The van der Waals surface area contributed by atoms with Gasteiger partial charge >= 0.3 is 6.18 Å². The van der Waals surface area contributed by atoms with Gasteiger partial charge in [0.05, 0.1) is 6.42 Å². The summed E-state index contributed by atoms with van der Waals surface area (Å²) in [6, 6.07) is -0.483. The molecule has 1 aliphatic rings. The van der Waals surface area contributed by atoms with Gasteiger partial charge < -0.3 is 10.6 Å². The summed E-state index contributed by atoms with van der Waals surface area (Å²) in [4.78, 5) is 0. The van der Waals surface area contributed by atoms with E-state index in [0.29, 0.717) is 11.8 Å². The van der Waals surface area contributed by atoms with E-state index in [4.69, 9.17) is 0 Å². The molecule has 0 bridgehead atoms. The van der Waals surface area contributed by atoms with E-state index < -0.39 is 18.6 Å². The third-order valence-corrected chi connectivity index (χ3v) is 4.15. The smallest absolute Gasteiger partial charge is 0.317 e. The molecule has 17 heavy (non-hydrogen) atoms. The lowest BCUT2D eigenvalue weighted by Gasteiger charge is -2.22. The molecule has 0 spiro atoms. The van der Waals surface area contributed by atoms with E-state index in [0.717, 1.165) is 18.8 Å². The Bertz CT molecular complexity index is 205. The highest BCUT2D eigenvalue weighted by molar-refractivity contribution is 7.99. The van der Waals surface area contributed by atoms with E-state index in [2.05, 4.69) is 10.6 Å². The molecule has 0 amide bonds. The van der Waals surface area contributed by atoms with Crippen LogP contribution in [-0.4, -0.2) is 42.9 Å². The van der Waals surface area contributed by atoms with Crippen LogP contribution in [0.15, 0.2) is 0 Å². The summed E-state index contributed by atoms with van der Waals surface area (Å²) < 4.78 is 36.2. The highest BCUT2D eigenvalue weighted by atomic mass is 32.2. The maximum atomic E-state index is 12.1. The topological polar surface area (TPSA) is 24.1 Å². The zero-order chi connectivity index (χ0) is 12.7. The molecule has 1 fully saturated rings. The number of alkyl halides is 3. The Morgan fingerprint density at radius 2 is 2.00 bits per heavy atom. The summed E-state index contributed by atoms with van der Waals surface area (Å²) in [5, 5.41) is 6.89. The van der Waals surface area contributed by atoms with E-state index in [1.807, 2.05) is 11.8 Å². The van der Waals surface area contributed by atoms with E-state index in [9.17, 15) is 13.2 Å². The van der Waals surface area contributed by atoms with E-state index >= 15 is 0 Å². The van der Waals surface area contributed by atoms with E-state index in [1.165, 1.54) is 12.8 Å². The summed E-state index contributed by atoms with van der Waals surface area (Å²) in [7, 11) is 0. The highest BCUT2D eigenvalue weighted by Gasteiger charge is 2.29. The van der Waals surface area contributed by atoms with Gasteiger partial charge in [-0.25, -0.2) is 0 Å². The second-order valence-electron chi connectivity index (χ2n) is 4.49. The lowest BCUT2D eigenvalue weighted by atomic mass is 10.2. The van der Waals surface area contributed by atoms with Crippen LogP contribution in [0.1, 0.15) is 26.2 Å². The molecule has 0 aromatic carbocycles. The molecule has 102 valence electrons. The molecule has 0 saturated carbocycles. The quantitative estimate of drug-likeness (QED) is 0.725. The van der Waals surface area contributed by atoms with Crippen molar-refractivity contribution in [3.8, 4) is 0 Å². The molecule has 2 N–H and O–H groups in total. The average molecular weight is 270 g/mol. The molecule has 1 saturated heterocycles. The molecule has 2 nitrogen and oxygen atoms in total. The second kappa shape index (κ2) is 7.48. The van der Waals surface area contributed by atoms with Gasteiger partial charge in [-0.15, -0.1) is 0 Å². The summed E-state index contributed by atoms with van der Waals surface area (Å²) in [5.41, 5.74) is 0. The molecular formula is C11H21F3N2S. The van der Waals surface area contributed by atoms with Crippen LogP contribution in [0.25, 0.3) is 0 Å². The summed E-state index contributed by atoms with van der Waals surface area (Å²) in [5.74, 6) is 0.896. The van der Waals surface area contributed by atoms with Crippen LogP contribution >= 0.6 is 11.8 Å². The molecule has 6 heteroatoms. The van der Waals surface area contributed by atoms with Gasteiger partial charge in [-0.2, -0.15) is 24.9 Å². The van der Waals surface area contributed by atoms with Crippen molar-refractivity contribution in [1.29, 1.82) is 0 Å². The lowest BCUT2D eigenvalue weighted by Crippen LogP contribution is -2.33. The van der Waals surface area contributed by atoms with Gasteiger partial charge in [-0.3, -0.25) is 0 Å². The molecule has 1 aliphatic heterocycles. The van der Waals surface area contributed by atoms with Crippen LogP contribution < -0.4 is 10.6 Å². The van der Waals surface area contributed by atoms with Crippen LogP contribution in [0, 0.1) is 0 Å². The predicted octanol–water partition coefficient (Wildman–Crippen LogP) is 2.40. The Balaban J connectivity index is 1.99. The standard InChI is InChI=1S/C11H21F3N2S/c1-9(8-11(12,13)14)16-6-7-17-10-2-4-15-5-3-10/h9-10,15-16H,2-8H2,1H3. The third-order valence-electron chi connectivity index (χ3n) is 2.77. The van der Waals surface area contributed by atoms with Crippen molar-refractivity contribution in [2.24, 2.45) is 0 Å². The molecule has 0 radical (unpaired) electrons. The first-order valence-corrected chi connectivity index (χ1v) is 7.15. The molecule has 1 rings (SSSR count). The van der Waals surface area contributed by atoms with Gasteiger partial charge in [0.1, 0.15) is 0 Å². The Hall–Kier alpha value is 0.0600. The van der Waals surface area contributed by atoms with Crippen LogP contribution in [0.2, 0.25) is 0 Å². The highest BCUT2D eigenvalue weighted by Crippen LogP contribution is 2.22. The molecule has 0 aliphatic carbocycles. The lowest BCUT2D eigenvalue weighted by molar-refractivity contribution is -0.138. The van der Waals surface area contributed by atoms with Gasteiger partial charge in [-0.1, -0.05) is 0 Å². The average Bonchev–Trinajstić information content (AvgIpc) is 2.23. The number of nitrogens with one attached hydrogen (secondary N) is 2. The van der Waals surface area contributed by atoms with Crippen molar-refractivity contribution < 1.29 is 13.2 Å². The summed E-state index contributed by atoms with van der Waals surface area (Å²) in [6.45, 7) is 4.37. The Labute approximate surface area is 105 Å². The van der Waals surface area contributed by atoms with Crippen LogP contribution in [0.5, 0.6) is 0 Å². The molecule has 1 heterocycles. The SMILES string of the molecule is CC(CC(F)(F)F)NCCSC1CCNCC1. The minimum absolute atomic E-state index is 0.483. The summed E-state index contributed by atoms with van der Waals surface area (Å²) >= 11 is 1.87. The Morgan fingerprint density at radius 3 is 2.59 bits per heavy atom. The van der Waals surface area contributed by atoms with E-state index in [-0.39, 0.29) is 0 Å². The second-order valence-corrected chi connectivity index (χ2v) is 5.90. The first-order valence-electron chi connectivity index (χ1n) is 6.10. The fraction of sp³-hybridized carbons (Fsp3) is 1.00. The number of hydrogen-bond acceptors (Lipinski definition) is 3. The number of piperidine rings is 1. The number of thioether (sulfide) groups is 1. The maximum absolute atomic E-state index is 12.1. The number of rotatable bonds is 6. The fourth-order valence-electron chi connectivity index (χ4n) is 1.91. The molecule has 0 aromatic rings. The number of hydrogen-bond donors (Lipinski definition) is 2. The van der Waals surface area contributed by atoms with Gasteiger partial charge in [-0.05, 0) is 32.9 Å². The van der Waals surface area contributed by atoms with Crippen molar-refractivity contribution >= 4 is 11.8 Å².